The number of anilines is 1. The minimum absolute atomic E-state index is 0.701. The van der Waals surface area contributed by atoms with Gasteiger partial charge in [0.1, 0.15) is 0 Å². The lowest BCUT2D eigenvalue weighted by atomic mass is 10.2. The first-order chi connectivity index (χ1) is 7.66. The second-order valence-electron chi connectivity index (χ2n) is 4.99. The predicted molar refractivity (Wildman–Crippen MR) is 70.1 cm³/mol. The number of hydrogen-bond acceptors (Lipinski definition) is 4. The summed E-state index contributed by atoms with van der Waals surface area (Å²) < 4.78 is 0. The molecule has 16 heavy (non-hydrogen) atoms. The molecule has 3 nitrogen and oxygen atoms in total. The van der Waals surface area contributed by atoms with Crippen molar-refractivity contribution in [1.82, 2.24) is 10.3 Å². The van der Waals surface area contributed by atoms with Crippen molar-refractivity contribution in [3.63, 3.8) is 0 Å². The van der Waals surface area contributed by atoms with Crippen LogP contribution in [0.4, 0.5) is 5.13 Å². The van der Waals surface area contributed by atoms with E-state index in [1.54, 1.807) is 11.3 Å². The Balaban J connectivity index is 1.82. The Morgan fingerprint density at radius 2 is 2.31 bits per heavy atom. The molecule has 1 fully saturated rings. The molecular weight excluding hydrogens is 218 g/mol. The summed E-state index contributed by atoms with van der Waals surface area (Å²) in [6.45, 7) is 6.40. The van der Waals surface area contributed by atoms with Gasteiger partial charge in [-0.1, -0.05) is 13.8 Å². The average Bonchev–Trinajstić information content (AvgIpc) is 2.97. The van der Waals surface area contributed by atoms with E-state index in [1.807, 2.05) is 0 Å². The van der Waals surface area contributed by atoms with Crippen LogP contribution in [0.25, 0.3) is 0 Å². The smallest absolute Gasteiger partial charge is 0.185 e. The Morgan fingerprint density at radius 3 is 2.94 bits per heavy atom. The molecule has 1 aliphatic carbocycles. The monoisotopic (exact) mass is 239 g/mol. The van der Waals surface area contributed by atoms with Crippen LogP contribution in [-0.2, 0) is 6.54 Å². The molecule has 0 amide bonds. The molecule has 0 unspecified atom stereocenters. The summed E-state index contributed by atoms with van der Waals surface area (Å²) >= 11 is 1.76. The van der Waals surface area contributed by atoms with Gasteiger partial charge >= 0.3 is 0 Å². The third-order valence-electron chi connectivity index (χ3n) is 2.79. The summed E-state index contributed by atoms with van der Waals surface area (Å²) in [7, 11) is 2.15. The first kappa shape index (κ1) is 11.9. The molecule has 90 valence electrons. The Morgan fingerprint density at radius 1 is 1.56 bits per heavy atom. The van der Waals surface area contributed by atoms with Crippen molar-refractivity contribution in [1.29, 1.82) is 0 Å². The van der Waals surface area contributed by atoms with Crippen molar-refractivity contribution in [3.8, 4) is 0 Å². The number of thiazole rings is 1. The third-order valence-corrected chi connectivity index (χ3v) is 3.77. The molecule has 4 heteroatoms. The molecule has 1 N–H and O–H groups in total. The standard InChI is InChI=1S/C12H21N3S/c1-9(2)6-13-7-10-8-16-12(14-10)15(3)11-4-5-11/h8-9,11,13H,4-7H2,1-3H3. The number of rotatable bonds is 6. The van der Waals surface area contributed by atoms with Gasteiger partial charge in [0.2, 0.25) is 0 Å². The highest BCUT2D eigenvalue weighted by atomic mass is 32.1. The van der Waals surface area contributed by atoms with Gasteiger partial charge in [-0.25, -0.2) is 4.98 Å². The lowest BCUT2D eigenvalue weighted by molar-refractivity contribution is 0.549. The van der Waals surface area contributed by atoms with E-state index in [2.05, 4.69) is 41.5 Å². The highest BCUT2D eigenvalue weighted by Gasteiger charge is 2.27. The quantitative estimate of drug-likeness (QED) is 0.826. The molecule has 0 atom stereocenters. The summed E-state index contributed by atoms with van der Waals surface area (Å²) in [5.74, 6) is 0.701. The Bertz CT molecular complexity index is 331. The van der Waals surface area contributed by atoms with Crippen molar-refractivity contribution in [2.24, 2.45) is 5.92 Å². The van der Waals surface area contributed by atoms with Crippen LogP contribution >= 0.6 is 11.3 Å². The fourth-order valence-electron chi connectivity index (χ4n) is 1.65. The van der Waals surface area contributed by atoms with Crippen molar-refractivity contribution >= 4 is 16.5 Å². The highest BCUT2D eigenvalue weighted by Crippen LogP contribution is 2.31. The highest BCUT2D eigenvalue weighted by molar-refractivity contribution is 7.13. The van der Waals surface area contributed by atoms with E-state index in [0.29, 0.717) is 5.92 Å². The van der Waals surface area contributed by atoms with Crippen molar-refractivity contribution in [2.45, 2.75) is 39.3 Å². The van der Waals surface area contributed by atoms with Crippen LogP contribution < -0.4 is 10.2 Å². The summed E-state index contributed by atoms with van der Waals surface area (Å²) in [4.78, 5) is 6.97. The van der Waals surface area contributed by atoms with Gasteiger partial charge in [0.05, 0.1) is 5.69 Å². The van der Waals surface area contributed by atoms with Crippen LogP contribution in [-0.4, -0.2) is 24.6 Å². The van der Waals surface area contributed by atoms with Crippen LogP contribution in [0, 0.1) is 5.92 Å². The molecular formula is C12H21N3S. The van der Waals surface area contributed by atoms with Crippen molar-refractivity contribution < 1.29 is 0 Å². The fourth-order valence-corrected chi connectivity index (χ4v) is 2.51. The maximum atomic E-state index is 4.65. The van der Waals surface area contributed by atoms with Gasteiger partial charge in [-0.3, -0.25) is 0 Å². The topological polar surface area (TPSA) is 28.2 Å². The Hall–Kier alpha value is -0.610. The first-order valence-electron chi connectivity index (χ1n) is 6.04. The minimum Gasteiger partial charge on any atom is -0.348 e. The molecule has 1 aromatic rings. The number of nitrogens with zero attached hydrogens (tertiary/aromatic N) is 2. The van der Waals surface area contributed by atoms with E-state index in [4.69, 9.17) is 0 Å². The Labute approximate surface area is 102 Å². The Kier molecular flexibility index (Phi) is 3.82. The maximum absolute atomic E-state index is 4.65. The molecule has 2 rings (SSSR count). The van der Waals surface area contributed by atoms with E-state index in [0.717, 1.165) is 19.1 Å². The molecule has 1 aliphatic rings. The van der Waals surface area contributed by atoms with Crippen LogP contribution in [0.2, 0.25) is 0 Å². The van der Waals surface area contributed by atoms with Gasteiger partial charge in [-0.05, 0) is 25.3 Å². The normalized spacial score (nSPS) is 15.8. The van der Waals surface area contributed by atoms with Crippen LogP contribution in [0.1, 0.15) is 32.4 Å². The van der Waals surface area contributed by atoms with Gasteiger partial charge in [-0.2, -0.15) is 0 Å². The lowest BCUT2D eigenvalue weighted by Crippen LogP contribution is -2.20. The summed E-state index contributed by atoms with van der Waals surface area (Å²) in [5, 5.41) is 6.76. The van der Waals surface area contributed by atoms with E-state index in [-0.39, 0.29) is 0 Å². The van der Waals surface area contributed by atoms with E-state index < -0.39 is 0 Å². The van der Waals surface area contributed by atoms with Gasteiger partial charge in [0.25, 0.3) is 0 Å². The largest absolute Gasteiger partial charge is 0.348 e. The molecule has 0 saturated heterocycles. The number of aromatic nitrogens is 1. The average molecular weight is 239 g/mol. The maximum Gasteiger partial charge on any atom is 0.185 e. The molecule has 0 aliphatic heterocycles. The first-order valence-corrected chi connectivity index (χ1v) is 6.92. The van der Waals surface area contributed by atoms with E-state index in [9.17, 15) is 0 Å². The van der Waals surface area contributed by atoms with Crippen LogP contribution in [0.5, 0.6) is 0 Å². The minimum atomic E-state index is 0.701. The second-order valence-corrected chi connectivity index (χ2v) is 5.82. The van der Waals surface area contributed by atoms with Gasteiger partial charge in [-0.15, -0.1) is 11.3 Å². The second kappa shape index (κ2) is 5.15. The summed E-state index contributed by atoms with van der Waals surface area (Å²) in [6, 6.07) is 0.752. The predicted octanol–water partition coefficient (Wildman–Crippen LogP) is 2.49. The SMILES string of the molecule is CC(C)CNCc1csc(N(C)C2CC2)n1. The molecule has 0 bridgehead atoms. The summed E-state index contributed by atoms with van der Waals surface area (Å²) in [6.07, 6.45) is 2.66. The van der Waals surface area contributed by atoms with Gasteiger partial charge in [0.15, 0.2) is 5.13 Å². The van der Waals surface area contributed by atoms with Gasteiger partial charge < -0.3 is 10.2 Å². The molecule has 1 heterocycles. The van der Waals surface area contributed by atoms with E-state index >= 15 is 0 Å². The lowest BCUT2D eigenvalue weighted by Gasteiger charge is -2.13. The molecule has 1 aromatic heterocycles. The van der Waals surface area contributed by atoms with Crippen LogP contribution in [0.3, 0.4) is 0 Å². The van der Waals surface area contributed by atoms with Crippen molar-refractivity contribution in [2.75, 3.05) is 18.5 Å². The van der Waals surface area contributed by atoms with E-state index in [1.165, 1.54) is 23.7 Å². The van der Waals surface area contributed by atoms with Gasteiger partial charge in [0, 0.05) is 25.0 Å². The van der Waals surface area contributed by atoms with Crippen molar-refractivity contribution in [3.05, 3.63) is 11.1 Å². The molecule has 0 spiro atoms. The van der Waals surface area contributed by atoms with Crippen LogP contribution in [0.15, 0.2) is 5.38 Å². The number of hydrogen-bond donors (Lipinski definition) is 1. The number of nitrogens with one attached hydrogen (secondary N) is 1. The zero-order valence-corrected chi connectivity index (χ0v) is 11.2. The molecule has 0 aromatic carbocycles. The molecule has 0 radical (unpaired) electrons. The summed E-state index contributed by atoms with van der Waals surface area (Å²) in [5.41, 5.74) is 1.17. The zero-order chi connectivity index (χ0) is 11.5. The zero-order valence-electron chi connectivity index (χ0n) is 10.4. The fraction of sp³-hybridized carbons (Fsp3) is 0.750. The molecule has 1 saturated carbocycles. The third kappa shape index (κ3) is 3.19.